The number of hydrogen-bond acceptors (Lipinski definition) is 2. The van der Waals surface area contributed by atoms with E-state index < -0.39 is 23.2 Å². The summed E-state index contributed by atoms with van der Waals surface area (Å²) < 4.78 is 39.6. The van der Waals surface area contributed by atoms with Gasteiger partial charge in [-0.1, -0.05) is 0 Å². The van der Waals surface area contributed by atoms with Gasteiger partial charge in [0.2, 0.25) is 0 Å². The lowest BCUT2D eigenvalue weighted by molar-refractivity contribution is 0.0870. The Morgan fingerprint density at radius 1 is 1.00 bits per heavy atom. The summed E-state index contributed by atoms with van der Waals surface area (Å²) in [6.07, 6.45) is 3.34. The van der Waals surface area contributed by atoms with Crippen molar-refractivity contribution < 1.29 is 18.0 Å². The second-order valence-corrected chi connectivity index (χ2v) is 5.42. The molecule has 0 aromatic heterocycles. The van der Waals surface area contributed by atoms with Crippen LogP contribution < -0.4 is 5.32 Å². The van der Waals surface area contributed by atoms with Crippen molar-refractivity contribution in [3.63, 3.8) is 0 Å². The molecule has 0 spiro atoms. The van der Waals surface area contributed by atoms with Gasteiger partial charge in [0.15, 0.2) is 17.4 Å². The second kappa shape index (κ2) is 4.63. The van der Waals surface area contributed by atoms with E-state index in [-0.39, 0.29) is 11.5 Å². The molecule has 0 radical (unpaired) electrons. The Balaban J connectivity index is 1.86. The number of carbonyl (C=O) groups is 1. The van der Waals surface area contributed by atoms with Crippen LogP contribution in [0.25, 0.3) is 0 Å². The molecular weight excluding hydrogens is 255 g/mol. The SMILES string of the molecule is O=C(c1cc(F)c(F)cc1F)C1CC2CCC(C1)N2. The van der Waals surface area contributed by atoms with Crippen molar-refractivity contribution >= 4 is 5.78 Å². The highest BCUT2D eigenvalue weighted by Crippen LogP contribution is 2.33. The first-order valence-electron chi connectivity index (χ1n) is 6.49. The highest BCUT2D eigenvalue weighted by Gasteiger charge is 2.37. The van der Waals surface area contributed by atoms with Crippen molar-refractivity contribution in [1.29, 1.82) is 0 Å². The number of ketones is 1. The largest absolute Gasteiger partial charge is 0.311 e. The van der Waals surface area contributed by atoms with Gasteiger partial charge in [-0.05, 0) is 31.7 Å². The molecule has 2 nitrogen and oxygen atoms in total. The molecule has 2 unspecified atom stereocenters. The maximum absolute atomic E-state index is 13.6. The third kappa shape index (κ3) is 2.27. The molecule has 1 aromatic rings. The van der Waals surface area contributed by atoms with Gasteiger partial charge in [0.05, 0.1) is 5.56 Å². The highest BCUT2D eigenvalue weighted by atomic mass is 19.2. The standard InChI is InChI=1S/C14H14F3NO/c15-11-6-13(17)12(16)5-10(11)14(19)7-3-8-1-2-9(4-7)18-8/h5-9,18H,1-4H2. The normalized spacial score (nSPS) is 29.5. The van der Waals surface area contributed by atoms with Gasteiger partial charge in [0.1, 0.15) is 5.82 Å². The molecule has 2 aliphatic heterocycles. The predicted octanol–water partition coefficient (Wildman–Crippen LogP) is 2.82. The summed E-state index contributed by atoms with van der Waals surface area (Å²) in [7, 11) is 0. The minimum atomic E-state index is -1.26. The van der Waals surface area contributed by atoms with Gasteiger partial charge in [0.25, 0.3) is 0 Å². The molecule has 2 heterocycles. The van der Waals surface area contributed by atoms with E-state index in [1.54, 1.807) is 0 Å². The fourth-order valence-electron chi connectivity index (χ4n) is 3.20. The lowest BCUT2D eigenvalue weighted by Crippen LogP contribution is -2.40. The first-order chi connectivity index (χ1) is 9.04. The molecule has 2 bridgehead atoms. The fraction of sp³-hybridized carbons (Fsp3) is 0.500. The number of halogens is 3. The molecule has 2 atom stereocenters. The average Bonchev–Trinajstić information content (AvgIpc) is 2.72. The maximum Gasteiger partial charge on any atom is 0.169 e. The van der Waals surface area contributed by atoms with E-state index in [1.807, 2.05) is 0 Å². The highest BCUT2D eigenvalue weighted by molar-refractivity contribution is 5.98. The van der Waals surface area contributed by atoms with Gasteiger partial charge in [-0.15, -0.1) is 0 Å². The Morgan fingerprint density at radius 2 is 1.58 bits per heavy atom. The van der Waals surface area contributed by atoms with E-state index in [0.717, 1.165) is 12.8 Å². The zero-order chi connectivity index (χ0) is 13.6. The van der Waals surface area contributed by atoms with Gasteiger partial charge < -0.3 is 5.32 Å². The van der Waals surface area contributed by atoms with E-state index in [2.05, 4.69) is 5.32 Å². The van der Waals surface area contributed by atoms with Crippen LogP contribution in [0.4, 0.5) is 13.2 Å². The van der Waals surface area contributed by atoms with Gasteiger partial charge in [-0.2, -0.15) is 0 Å². The Kier molecular flexibility index (Phi) is 3.09. The Labute approximate surface area is 109 Å². The number of carbonyl (C=O) groups excluding carboxylic acids is 1. The van der Waals surface area contributed by atoms with Crippen LogP contribution in [0.15, 0.2) is 12.1 Å². The zero-order valence-corrected chi connectivity index (χ0v) is 10.3. The zero-order valence-electron chi connectivity index (χ0n) is 10.3. The Hall–Kier alpha value is -1.36. The third-order valence-corrected chi connectivity index (χ3v) is 4.12. The van der Waals surface area contributed by atoms with Gasteiger partial charge in [-0.25, -0.2) is 13.2 Å². The number of piperidine rings is 1. The summed E-state index contributed by atoms with van der Waals surface area (Å²) >= 11 is 0. The van der Waals surface area contributed by atoms with E-state index in [1.165, 1.54) is 0 Å². The van der Waals surface area contributed by atoms with Gasteiger partial charge >= 0.3 is 0 Å². The number of Topliss-reactive ketones (excluding diaryl/α,β-unsaturated/α-hetero) is 1. The lowest BCUT2D eigenvalue weighted by atomic mass is 9.85. The monoisotopic (exact) mass is 269 g/mol. The number of benzene rings is 1. The minimum absolute atomic E-state index is 0.293. The quantitative estimate of drug-likeness (QED) is 0.660. The fourth-order valence-corrected chi connectivity index (χ4v) is 3.20. The van der Waals surface area contributed by atoms with Crippen LogP contribution in [0.5, 0.6) is 0 Å². The van der Waals surface area contributed by atoms with Crippen LogP contribution in [0, 0.1) is 23.4 Å². The predicted molar refractivity (Wildman–Crippen MR) is 63.3 cm³/mol. The van der Waals surface area contributed by atoms with E-state index >= 15 is 0 Å². The first-order valence-corrected chi connectivity index (χ1v) is 6.49. The number of hydrogen-bond donors (Lipinski definition) is 1. The van der Waals surface area contributed by atoms with Crippen molar-refractivity contribution in [2.24, 2.45) is 5.92 Å². The van der Waals surface area contributed by atoms with Crippen molar-refractivity contribution in [2.45, 2.75) is 37.8 Å². The number of nitrogens with one attached hydrogen (secondary N) is 1. The van der Waals surface area contributed by atoms with E-state index in [4.69, 9.17) is 0 Å². The topological polar surface area (TPSA) is 29.1 Å². The van der Waals surface area contributed by atoms with Crippen LogP contribution in [0.2, 0.25) is 0 Å². The molecule has 2 aliphatic rings. The molecule has 2 saturated heterocycles. The van der Waals surface area contributed by atoms with Crippen LogP contribution in [0.3, 0.4) is 0 Å². The van der Waals surface area contributed by atoms with Crippen LogP contribution in [-0.4, -0.2) is 17.9 Å². The number of rotatable bonds is 2. The molecule has 5 heteroatoms. The van der Waals surface area contributed by atoms with Crippen molar-refractivity contribution in [3.05, 3.63) is 35.1 Å². The molecule has 102 valence electrons. The summed E-state index contributed by atoms with van der Waals surface area (Å²) in [6.45, 7) is 0. The molecule has 1 N–H and O–H groups in total. The van der Waals surface area contributed by atoms with E-state index in [0.29, 0.717) is 37.1 Å². The van der Waals surface area contributed by atoms with E-state index in [9.17, 15) is 18.0 Å². The maximum atomic E-state index is 13.6. The summed E-state index contributed by atoms with van der Waals surface area (Å²) in [4.78, 5) is 12.2. The summed E-state index contributed by atoms with van der Waals surface area (Å²) in [5.41, 5.74) is -0.329. The van der Waals surface area contributed by atoms with Crippen LogP contribution >= 0.6 is 0 Å². The Bertz CT molecular complexity index is 520. The minimum Gasteiger partial charge on any atom is -0.311 e. The van der Waals surface area contributed by atoms with Crippen LogP contribution in [0.1, 0.15) is 36.0 Å². The van der Waals surface area contributed by atoms with Gasteiger partial charge in [-0.3, -0.25) is 4.79 Å². The second-order valence-electron chi connectivity index (χ2n) is 5.42. The molecule has 2 fully saturated rings. The molecule has 19 heavy (non-hydrogen) atoms. The summed E-state index contributed by atoms with van der Waals surface area (Å²) in [6, 6.07) is 1.71. The summed E-state index contributed by atoms with van der Waals surface area (Å²) in [5, 5.41) is 3.38. The summed E-state index contributed by atoms with van der Waals surface area (Å²) in [5.74, 6) is -4.12. The van der Waals surface area contributed by atoms with Crippen molar-refractivity contribution in [2.75, 3.05) is 0 Å². The molecule has 1 aromatic carbocycles. The lowest BCUT2D eigenvalue weighted by Gasteiger charge is -2.28. The van der Waals surface area contributed by atoms with Crippen molar-refractivity contribution in [3.8, 4) is 0 Å². The molecule has 0 amide bonds. The smallest absolute Gasteiger partial charge is 0.169 e. The average molecular weight is 269 g/mol. The first kappa shape index (κ1) is 12.7. The molecule has 0 saturated carbocycles. The van der Waals surface area contributed by atoms with Crippen LogP contribution in [-0.2, 0) is 0 Å². The Morgan fingerprint density at radius 3 is 2.21 bits per heavy atom. The number of fused-ring (bicyclic) bond motifs is 2. The van der Waals surface area contributed by atoms with Gasteiger partial charge in [0, 0.05) is 24.1 Å². The van der Waals surface area contributed by atoms with Crippen molar-refractivity contribution in [1.82, 2.24) is 5.32 Å². The third-order valence-electron chi connectivity index (χ3n) is 4.12. The molecule has 3 rings (SSSR count). The molecular formula is C14H14F3NO. The molecule has 0 aliphatic carbocycles.